The van der Waals surface area contributed by atoms with E-state index in [0.717, 1.165) is 27.9 Å². The molecule has 0 N–H and O–H groups in total. The topological polar surface area (TPSA) is 85.2 Å². The van der Waals surface area contributed by atoms with Gasteiger partial charge in [0.25, 0.3) is 0 Å². The number of hydrogen-bond donors (Lipinski definition) is 1. The molecule has 0 radical (unpaired) electrons. The van der Waals surface area contributed by atoms with Crippen LogP contribution in [-0.4, -0.2) is 30.0 Å². The second-order valence-corrected chi connectivity index (χ2v) is 6.98. The van der Waals surface area contributed by atoms with Crippen LogP contribution in [0.4, 0.5) is 0 Å². The minimum atomic E-state index is 0.482. The molecule has 0 aliphatic carbocycles. The molecule has 0 atom stereocenters. The maximum atomic E-state index is 8.94. The third-order valence-electron chi connectivity index (χ3n) is 4.52. The molecule has 0 fully saturated rings. The van der Waals surface area contributed by atoms with Gasteiger partial charge in [0.15, 0.2) is 5.82 Å². The number of thiol groups is 1. The minimum absolute atomic E-state index is 0.482. The van der Waals surface area contributed by atoms with Gasteiger partial charge in [0.05, 0.1) is 35.6 Å². The van der Waals surface area contributed by atoms with Gasteiger partial charge >= 0.3 is 0 Å². The number of aromatic nitrogens is 6. The normalized spacial score (nSPS) is 10.8. The quantitative estimate of drug-likeness (QED) is 0.543. The molecule has 0 saturated heterocycles. The molecule has 0 bridgehead atoms. The molecule has 0 unspecified atom stereocenters. The Morgan fingerprint density at radius 2 is 1.89 bits per heavy atom. The first-order valence-corrected chi connectivity index (χ1v) is 9.11. The van der Waals surface area contributed by atoms with E-state index in [-0.39, 0.29) is 0 Å². The van der Waals surface area contributed by atoms with Crippen LogP contribution in [0.1, 0.15) is 22.3 Å². The summed E-state index contributed by atoms with van der Waals surface area (Å²) in [4.78, 5) is 0. The average molecular weight is 387 g/mol. The van der Waals surface area contributed by atoms with E-state index in [2.05, 4.69) is 44.9 Å². The van der Waals surface area contributed by atoms with Crippen molar-refractivity contribution >= 4 is 12.6 Å². The van der Waals surface area contributed by atoms with Crippen LogP contribution in [0.5, 0.6) is 0 Å². The highest BCUT2D eigenvalue weighted by Crippen LogP contribution is 2.28. The molecule has 0 spiro atoms. The molecule has 2 aromatic carbocycles. The largest absolute Gasteiger partial charge is 0.226 e. The highest BCUT2D eigenvalue weighted by atomic mass is 32.1. The molecule has 7 nitrogen and oxygen atoms in total. The van der Waals surface area contributed by atoms with E-state index in [9.17, 15) is 0 Å². The van der Waals surface area contributed by atoms with E-state index in [1.165, 1.54) is 0 Å². The van der Waals surface area contributed by atoms with Crippen molar-refractivity contribution in [1.82, 2.24) is 30.0 Å². The van der Waals surface area contributed by atoms with Crippen LogP contribution in [0, 0.1) is 25.2 Å². The van der Waals surface area contributed by atoms with Crippen molar-refractivity contribution in [1.29, 1.82) is 5.26 Å². The van der Waals surface area contributed by atoms with E-state index in [1.807, 2.05) is 26.0 Å². The fourth-order valence-electron chi connectivity index (χ4n) is 2.99. The number of aryl methyl sites for hydroxylation is 2. The molecule has 0 saturated carbocycles. The highest BCUT2D eigenvalue weighted by Gasteiger charge is 2.18. The zero-order valence-electron chi connectivity index (χ0n) is 15.4. The Bertz CT molecular complexity index is 1180. The average Bonchev–Trinajstić information content (AvgIpc) is 3.30. The number of tetrazole rings is 1. The second-order valence-electron chi connectivity index (χ2n) is 6.55. The maximum absolute atomic E-state index is 8.94. The van der Waals surface area contributed by atoms with E-state index < -0.39 is 0 Å². The lowest BCUT2D eigenvalue weighted by molar-refractivity contribution is 0.652. The Kier molecular flexibility index (Phi) is 4.67. The molecule has 8 heteroatoms. The van der Waals surface area contributed by atoms with Crippen molar-refractivity contribution in [2.24, 2.45) is 0 Å². The van der Waals surface area contributed by atoms with Gasteiger partial charge in [0.1, 0.15) is 5.03 Å². The van der Waals surface area contributed by atoms with E-state index >= 15 is 0 Å². The first kappa shape index (κ1) is 17.9. The summed E-state index contributed by atoms with van der Waals surface area (Å²) < 4.78 is 3.49. The summed E-state index contributed by atoms with van der Waals surface area (Å²) in [5.74, 6) is 0.589. The predicted octanol–water partition coefficient (Wildman–Crippen LogP) is 3.35. The van der Waals surface area contributed by atoms with E-state index in [0.29, 0.717) is 23.0 Å². The molecule has 2 aromatic heterocycles. The lowest BCUT2D eigenvalue weighted by atomic mass is 10.1. The zero-order chi connectivity index (χ0) is 19.7. The Morgan fingerprint density at radius 3 is 2.64 bits per heavy atom. The third kappa shape index (κ3) is 3.28. The fraction of sp³-hybridized carbons (Fsp3) is 0.150. The molecule has 0 amide bonds. The summed E-state index contributed by atoms with van der Waals surface area (Å²) >= 11 is 4.70. The molecule has 28 heavy (non-hydrogen) atoms. The van der Waals surface area contributed by atoms with Crippen LogP contribution in [-0.2, 0) is 6.54 Å². The predicted molar refractivity (Wildman–Crippen MR) is 107 cm³/mol. The lowest BCUT2D eigenvalue weighted by Crippen LogP contribution is -2.05. The van der Waals surface area contributed by atoms with Gasteiger partial charge in [0, 0.05) is 0 Å². The third-order valence-corrected chi connectivity index (χ3v) is 4.96. The smallest absolute Gasteiger partial charge is 0.186 e. The summed E-state index contributed by atoms with van der Waals surface area (Å²) in [6, 6.07) is 15.7. The van der Waals surface area contributed by atoms with Gasteiger partial charge in [-0.25, -0.2) is 9.36 Å². The van der Waals surface area contributed by atoms with E-state index in [4.69, 9.17) is 17.9 Å². The van der Waals surface area contributed by atoms with E-state index in [1.54, 1.807) is 27.7 Å². The summed E-state index contributed by atoms with van der Waals surface area (Å²) in [5, 5.41) is 26.2. The van der Waals surface area contributed by atoms with Crippen molar-refractivity contribution in [2.45, 2.75) is 25.4 Å². The summed E-state index contributed by atoms with van der Waals surface area (Å²) in [7, 11) is 0. The number of hydrogen-bond acceptors (Lipinski definition) is 6. The van der Waals surface area contributed by atoms with Crippen LogP contribution in [0.3, 0.4) is 0 Å². The van der Waals surface area contributed by atoms with Crippen molar-refractivity contribution < 1.29 is 0 Å². The van der Waals surface area contributed by atoms with Gasteiger partial charge in [-0.3, -0.25) is 0 Å². The Labute approximate surface area is 167 Å². The monoisotopic (exact) mass is 387 g/mol. The minimum Gasteiger partial charge on any atom is -0.226 e. The first-order chi connectivity index (χ1) is 13.6. The molecule has 4 aromatic rings. The van der Waals surface area contributed by atoms with Crippen molar-refractivity contribution in [3.8, 4) is 23.1 Å². The fourth-order valence-corrected chi connectivity index (χ4v) is 3.30. The van der Waals surface area contributed by atoms with Crippen LogP contribution < -0.4 is 0 Å². The Balaban J connectivity index is 1.70. The maximum Gasteiger partial charge on any atom is 0.186 e. The molecule has 0 aliphatic heterocycles. The number of rotatable bonds is 4. The molecule has 138 valence electrons. The van der Waals surface area contributed by atoms with Gasteiger partial charge in [-0.05, 0) is 59.2 Å². The Hall–Kier alpha value is -3.44. The number of nitriles is 1. The van der Waals surface area contributed by atoms with Gasteiger partial charge < -0.3 is 0 Å². The number of benzene rings is 2. The molecule has 0 aliphatic rings. The van der Waals surface area contributed by atoms with Crippen LogP contribution in [0.2, 0.25) is 0 Å². The molecular weight excluding hydrogens is 370 g/mol. The zero-order valence-corrected chi connectivity index (χ0v) is 16.3. The second kappa shape index (κ2) is 7.29. The lowest BCUT2D eigenvalue weighted by Gasteiger charge is -2.09. The number of nitrogens with zero attached hydrogens (tertiary/aromatic N) is 7. The SMILES string of the molecule is Cc1ccc(C)c(-n2ncc(-c3nnnn3Cc3ccc(C#N)cc3)c2S)c1. The van der Waals surface area contributed by atoms with Crippen molar-refractivity contribution in [3.05, 3.63) is 70.9 Å². The highest BCUT2D eigenvalue weighted by molar-refractivity contribution is 7.80. The first-order valence-electron chi connectivity index (χ1n) is 8.67. The van der Waals surface area contributed by atoms with Crippen molar-refractivity contribution in [2.75, 3.05) is 0 Å². The summed E-state index contributed by atoms with van der Waals surface area (Å²) in [6.07, 6.45) is 1.73. The van der Waals surface area contributed by atoms with Crippen LogP contribution >= 0.6 is 12.6 Å². The summed E-state index contributed by atoms with van der Waals surface area (Å²) in [5.41, 5.74) is 5.59. The summed E-state index contributed by atoms with van der Waals surface area (Å²) in [6.45, 7) is 4.57. The van der Waals surface area contributed by atoms with Crippen LogP contribution in [0.15, 0.2) is 53.7 Å². The van der Waals surface area contributed by atoms with Crippen LogP contribution in [0.25, 0.3) is 17.1 Å². The molecule has 2 heterocycles. The van der Waals surface area contributed by atoms with Gasteiger partial charge in [-0.15, -0.1) is 17.7 Å². The van der Waals surface area contributed by atoms with Gasteiger partial charge in [0.2, 0.25) is 0 Å². The Morgan fingerprint density at radius 1 is 1.11 bits per heavy atom. The molecule has 4 rings (SSSR count). The molecular formula is C20H17N7S. The van der Waals surface area contributed by atoms with Crippen molar-refractivity contribution in [3.63, 3.8) is 0 Å². The van der Waals surface area contributed by atoms with Gasteiger partial charge in [-0.2, -0.15) is 10.4 Å². The standard InChI is InChI=1S/C20H17N7S/c1-13-3-4-14(2)18(9-13)27-20(28)17(11-22-27)19-23-24-25-26(19)12-16-7-5-15(10-21)6-8-16/h3-9,11,28H,12H2,1-2H3. The van der Waals surface area contributed by atoms with Gasteiger partial charge in [-0.1, -0.05) is 24.3 Å².